The number of carbonyl (C=O) groups excluding carboxylic acids is 2. The van der Waals surface area contributed by atoms with Crippen LogP contribution in [-0.2, 0) is 9.59 Å². The normalized spacial score (nSPS) is 16.7. The molecule has 0 spiro atoms. The highest BCUT2D eigenvalue weighted by atomic mass is 16.5. The zero-order chi connectivity index (χ0) is 18.8. The fourth-order valence-electron chi connectivity index (χ4n) is 3.51. The number of aryl methyl sites for hydroxylation is 3. The maximum Gasteiger partial charge on any atom is 0.229 e. The van der Waals surface area contributed by atoms with Crippen molar-refractivity contribution in [3.63, 3.8) is 0 Å². The van der Waals surface area contributed by atoms with Gasteiger partial charge in [0.05, 0.1) is 13.0 Å². The lowest BCUT2D eigenvalue weighted by Gasteiger charge is -2.18. The molecule has 1 atom stereocenters. The van der Waals surface area contributed by atoms with Gasteiger partial charge in [-0.2, -0.15) is 0 Å². The minimum absolute atomic E-state index is 0.0456. The van der Waals surface area contributed by atoms with E-state index >= 15 is 0 Å². The predicted octanol–water partition coefficient (Wildman–Crippen LogP) is 3.61. The molecule has 0 unspecified atom stereocenters. The molecule has 1 aliphatic rings. The molecule has 1 heterocycles. The van der Waals surface area contributed by atoms with Crippen molar-refractivity contribution in [1.29, 1.82) is 0 Å². The highest BCUT2D eigenvalue weighted by molar-refractivity contribution is 6.04. The van der Waals surface area contributed by atoms with Crippen molar-refractivity contribution in [2.45, 2.75) is 27.2 Å². The number of methoxy groups -OCH3 is 1. The van der Waals surface area contributed by atoms with Gasteiger partial charge in [-0.1, -0.05) is 23.8 Å². The first-order valence-electron chi connectivity index (χ1n) is 8.72. The van der Waals surface area contributed by atoms with Crippen LogP contribution in [0.3, 0.4) is 0 Å². The lowest BCUT2D eigenvalue weighted by Crippen LogP contribution is -2.28. The Morgan fingerprint density at radius 3 is 2.50 bits per heavy atom. The van der Waals surface area contributed by atoms with Crippen molar-refractivity contribution in [3.8, 4) is 5.75 Å². The zero-order valence-corrected chi connectivity index (χ0v) is 15.6. The van der Waals surface area contributed by atoms with Crippen LogP contribution in [0.4, 0.5) is 11.4 Å². The Kier molecular flexibility index (Phi) is 4.98. The van der Waals surface area contributed by atoms with E-state index in [-0.39, 0.29) is 24.2 Å². The van der Waals surface area contributed by atoms with E-state index in [0.29, 0.717) is 12.3 Å². The van der Waals surface area contributed by atoms with Gasteiger partial charge >= 0.3 is 0 Å². The van der Waals surface area contributed by atoms with Crippen LogP contribution in [0.2, 0.25) is 0 Å². The Labute approximate surface area is 154 Å². The summed E-state index contributed by atoms with van der Waals surface area (Å²) >= 11 is 0. The second-order valence-electron chi connectivity index (χ2n) is 6.87. The van der Waals surface area contributed by atoms with E-state index in [2.05, 4.69) is 5.32 Å². The molecule has 1 N–H and O–H groups in total. The number of amides is 2. The van der Waals surface area contributed by atoms with Gasteiger partial charge in [0, 0.05) is 30.4 Å². The van der Waals surface area contributed by atoms with Gasteiger partial charge in [0.2, 0.25) is 11.8 Å². The third-order valence-electron chi connectivity index (χ3n) is 4.79. The summed E-state index contributed by atoms with van der Waals surface area (Å²) in [5.41, 5.74) is 4.83. The Morgan fingerprint density at radius 1 is 1.15 bits per heavy atom. The molecule has 5 heteroatoms. The van der Waals surface area contributed by atoms with E-state index in [9.17, 15) is 9.59 Å². The van der Waals surface area contributed by atoms with E-state index in [1.54, 1.807) is 12.0 Å². The Hall–Kier alpha value is -2.82. The quantitative estimate of drug-likeness (QED) is 0.914. The maximum atomic E-state index is 12.7. The smallest absolute Gasteiger partial charge is 0.229 e. The van der Waals surface area contributed by atoms with Crippen LogP contribution in [0, 0.1) is 26.7 Å². The lowest BCUT2D eigenvalue weighted by molar-refractivity contribution is -0.122. The van der Waals surface area contributed by atoms with Crippen LogP contribution >= 0.6 is 0 Å². The first kappa shape index (κ1) is 18.0. The van der Waals surface area contributed by atoms with E-state index in [4.69, 9.17) is 4.74 Å². The molecule has 1 aliphatic heterocycles. The Balaban J connectivity index is 1.75. The van der Waals surface area contributed by atoms with Gasteiger partial charge in [-0.3, -0.25) is 9.59 Å². The monoisotopic (exact) mass is 352 g/mol. The average Bonchev–Trinajstić information content (AvgIpc) is 3.00. The van der Waals surface area contributed by atoms with Gasteiger partial charge in [-0.05, 0) is 44.0 Å². The van der Waals surface area contributed by atoms with Gasteiger partial charge in [0.15, 0.2) is 0 Å². The molecule has 0 aliphatic carbocycles. The molecule has 0 radical (unpaired) electrons. The Morgan fingerprint density at radius 2 is 1.85 bits per heavy atom. The molecule has 3 rings (SSSR count). The summed E-state index contributed by atoms with van der Waals surface area (Å²) in [7, 11) is 1.59. The summed E-state index contributed by atoms with van der Waals surface area (Å²) in [6.45, 7) is 6.38. The number of rotatable bonds is 4. The highest BCUT2D eigenvalue weighted by Gasteiger charge is 2.35. The minimum atomic E-state index is -0.367. The number of hydrogen-bond donors (Lipinski definition) is 1. The summed E-state index contributed by atoms with van der Waals surface area (Å²) in [6.07, 6.45) is 0.215. The second-order valence-corrected chi connectivity index (χ2v) is 6.87. The van der Waals surface area contributed by atoms with Gasteiger partial charge in [-0.25, -0.2) is 0 Å². The van der Waals surface area contributed by atoms with Crippen LogP contribution in [0.1, 0.15) is 23.1 Å². The van der Waals surface area contributed by atoms with Crippen LogP contribution in [0.25, 0.3) is 0 Å². The fourth-order valence-corrected chi connectivity index (χ4v) is 3.51. The molecule has 2 amide bonds. The van der Waals surface area contributed by atoms with Crippen molar-refractivity contribution >= 4 is 23.2 Å². The minimum Gasteiger partial charge on any atom is -0.497 e. The van der Waals surface area contributed by atoms with Crippen molar-refractivity contribution in [2.24, 2.45) is 5.92 Å². The van der Waals surface area contributed by atoms with Gasteiger partial charge in [0.1, 0.15) is 5.75 Å². The topological polar surface area (TPSA) is 58.6 Å². The number of ether oxygens (including phenoxy) is 1. The van der Waals surface area contributed by atoms with E-state index in [1.165, 1.54) is 5.56 Å². The van der Waals surface area contributed by atoms with E-state index in [0.717, 1.165) is 22.5 Å². The van der Waals surface area contributed by atoms with Gasteiger partial charge in [-0.15, -0.1) is 0 Å². The number of hydrogen-bond acceptors (Lipinski definition) is 3. The van der Waals surface area contributed by atoms with Crippen LogP contribution < -0.4 is 15.0 Å². The zero-order valence-electron chi connectivity index (χ0n) is 15.6. The molecular formula is C21H24N2O3. The summed E-state index contributed by atoms with van der Waals surface area (Å²) in [5, 5.41) is 3.02. The standard InChI is InChI=1S/C21H24N2O3/c1-13-8-14(2)20(15(3)9-13)22-21(25)16-10-19(24)23(12-16)17-6-5-7-18(11-17)26-4/h5-9,11,16H,10,12H2,1-4H3,(H,22,25)/t16-/m0/s1. The number of nitrogens with zero attached hydrogens (tertiary/aromatic N) is 1. The summed E-state index contributed by atoms with van der Waals surface area (Å²) in [4.78, 5) is 26.8. The summed E-state index contributed by atoms with van der Waals surface area (Å²) in [5.74, 6) is 0.164. The molecular weight excluding hydrogens is 328 g/mol. The number of anilines is 2. The third kappa shape index (κ3) is 3.57. The molecule has 2 aromatic rings. The largest absolute Gasteiger partial charge is 0.497 e. The molecule has 1 saturated heterocycles. The molecule has 0 bridgehead atoms. The van der Waals surface area contributed by atoms with Crippen LogP contribution in [0.5, 0.6) is 5.75 Å². The molecule has 136 valence electrons. The SMILES string of the molecule is COc1cccc(N2C[C@@H](C(=O)Nc3c(C)cc(C)cc3C)CC2=O)c1. The fraction of sp³-hybridized carbons (Fsp3) is 0.333. The van der Waals surface area contributed by atoms with Crippen LogP contribution in [0.15, 0.2) is 36.4 Å². The van der Waals surface area contributed by atoms with E-state index < -0.39 is 0 Å². The highest BCUT2D eigenvalue weighted by Crippen LogP contribution is 2.29. The van der Waals surface area contributed by atoms with Gasteiger partial charge in [0.25, 0.3) is 0 Å². The average molecular weight is 352 g/mol. The number of carbonyl (C=O) groups is 2. The van der Waals surface area contributed by atoms with Crippen molar-refractivity contribution in [3.05, 3.63) is 53.1 Å². The molecule has 26 heavy (non-hydrogen) atoms. The van der Waals surface area contributed by atoms with Crippen molar-refractivity contribution < 1.29 is 14.3 Å². The third-order valence-corrected chi connectivity index (χ3v) is 4.79. The number of benzene rings is 2. The molecule has 2 aromatic carbocycles. The first-order valence-corrected chi connectivity index (χ1v) is 8.72. The number of nitrogens with one attached hydrogen (secondary N) is 1. The first-order chi connectivity index (χ1) is 12.4. The van der Waals surface area contributed by atoms with Gasteiger partial charge < -0.3 is 15.0 Å². The lowest BCUT2D eigenvalue weighted by atomic mass is 10.0. The molecule has 0 saturated carbocycles. The maximum absolute atomic E-state index is 12.7. The molecule has 0 aromatic heterocycles. The summed E-state index contributed by atoms with van der Waals surface area (Å²) in [6, 6.07) is 11.4. The second kappa shape index (κ2) is 7.20. The molecule has 1 fully saturated rings. The van der Waals surface area contributed by atoms with Crippen molar-refractivity contribution in [2.75, 3.05) is 23.9 Å². The Bertz CT molecular complexity index is 837. The predicted molar refractivity (Wildman–Crippen MR) is 103 cm³/mol. The van der Waals surface area contributed by atoms with E-state index in [1.807, 2.05) is 57.2 Å². The van der Waals surface area contributed by atoms with Crippen molar-refractivity contribution in [1.82, 2.24) is 0 Å². The van der Waals surface area contributed by atoms with Crippen LogP contribution in [-0.4, -0.2) is 25.5 Å². The molecule has 5 nitrogen and oxygen atoms in total. The summed E-state index contributed by atoms with van der Waals surface area (Å²) < 4.78 is 5.22.